The van der Waals surface area contributed by atoms with Crippen LogP contribution in [0, 0.1) is 3.57 Å². The molecule has 1 aromatic carbocycles. The summed E-state index contributed by atoms with van der Waals surface area (Å²) in [4.78, 5) is 11.9. The predicted octanol–water partition coefficient (Wildman–Crippen LogP) is 1.66. The summed E-state index contributed by atoms with van der Waals surface area (Å²) >= 11 is 7.93. The Morgan fingerprint density at radius 3 is 2.90 bits per heavy atom. The highest BCUT2D eigenvalue weighted by Gasteiger charge is 2.26. The van der Waals surface area contributed by atoms with Gasteiger partial charge in [-0.2, -0.15) is 0 Å². The molecular weight excluding hydrogens is 415 g/mol. The van der Waals surface area contributed by atoms with Crippen molar-refractivity contribution < 1.29 is 13.2 Å². The fourth-order valence-corrected chi connectivity index (χ4v) is 4.46. The number of hydrogen-bond donors (Lipinski definition) is 2. The number of benzene rings is 1. The third-order valence-corrected chi connectivity index (χ3v) is 5.80. The normalized spacial score (nSPS) is 21.4. The van der Waals surface area contributed by atoms with Gasteiger partial charge in [-0.05, 0) is 40.8 Å². The molecule has 5 nitrogen and oxygen atoms in total. The van der Waals surface area contributed by atoms with Crippen LogP contribution in [0.1, 0.15) is 6.42 Å². The minimum Gasteiger partial charge on any atom is -0.325 e. The predicted molar refractivity (Wildman–Crippen MR) is 87.9 cm³/mol. The molecular formula is C12H14ClIN2O3S. The van der Waals surface area contributed by atoms with Gasteiger partial charge in [0.05, 0.1) is 17.2 Å². The highest BCUT2D eigenvalue weighted by Crippen LogP contribution is 2.22. The molecule has 1 atom stereocenters. The van der Waals surface area contributed by atoms with Crippen molar-refractivity contribution >= 4 is 55.6 Å². The van der Waals surface area contributed by atoms with E-state index < -0.39 is 9.84 Å². The maximum absolute atomic E-state index is 11.9. The van der Waals surface area contributed by atoms with Crippen molar-refractivity contribution in [2.75, 3.05) is 23.4 Å². The minimum atomic E-state index is -3.03. The largest absolute Gasteiger partial charge is 0.325 e. The van der Waals surface area contributed by atoms with Crippen molar-refractivity contribution in [2.45, 2.75) is 12.5 Å². The van der Waals surface area contributed by atoms with E-state index in [1.54, 1.807) is 18.2 Å². The summed E-state index contributed by atoms with van der Waals surface area (Å²) in [5, 5.41) is 6.43. The molecule has 1 unspecified atom stereocenters. The number of halogens is 2. The zero-order chi connectivity index (χ0) is 14.8. The zero-order valence-electron chi connectivity index (χ0n) is 10.5. The molecule has 20 heavy (non-hydrogen) atoms. The Balaban J connectivity index is 1.95. The second-order valence-electron chi connectivity index (χ2n) is 4.64. The summed E-state index contributed by atoms with van der Waals surface area (Å²) < 4.78 is 23.9. The quantitative estimate of drug-likeness (QED) is 0.718. The van der Waals surface area contributed by atoms with E-state index in [2.05, 4.69) is 33.2 Å². The van der Waals surface area contributed by atoms with Crippen LogP contribution in [0.5, 0.6) is 0 Å². The average molecular weight is 429 g/mol. The van der Waals surface area contributed by atoms with E-state index in [1.807, 2.05) is 0 Å². The molecule has 1 aliphatic rings. The first kappa shape index (κ1) is 16.0. The molecule has 1 amide bonds. The molecule has 2 rings (SSSR count). The first-order valence-corrected chi connectivity index (χ1v) is 9.32. The Labute approximate surface area is 136 Å². The van der Waals surface area contributed by atoms with Gasteiger partial charge in [-0.15, -0.1) is 0 Å². The van der Waals surface area contributed by atoms with Crippen molar-refractivity contribution in [1.29, 1.82) is 0 Å². The lowest BCUT2D eigenvalue weighted by Gasteiger charge is -2.23. The smallest absolute Gasteiger partial charge is 0.226 e. The second-order valence-corrected chi connectivity index (χ2v) is 8.47. The van der Waals surface area contributed by atoms with Crippen LogP contribution in [-0.2, 0) is 14.6 Å². The lowest BCUT2D eigenvalue weighted by atomic mass is 10.2. The lowest BCUT2D eigenvalue weighted by molar-refractivity contribution is -0.116. The van der Waals surface area contributed by atoms with Crippen molar-refractivity contribution in [2.24, 2.45) is 0 Å². The number of rotatable bonds is 3. The van der Waals surface area contributed by atoms with Crippen LogP contribution in [0.3, 0.4) is 0 Å². The summed E-state index contributed by atoms with van der Waals surface area (Å²) in [7, 11) is -3.03. The number of carbonyl (C=O) groups excluding carboxylic acids is 1. The number of anilines is 1. The fourth-order valence-electron chi connectivity index (χ4n) is 2.01. The van der Waals surface area contributed by atoms with Crippen molar-refractivity contribution in [3.63, 3.8) is 0 Å². The third-order valence-electron chi connectivity index (χ3n) is 2.94. The summed E-state index contributed by atoms with van der Waals surface area (Å²) in [6, 6.07) is 4.86. The first-order valence-electron chi connectivity index (χ1n) is 6.04. The Morgan fingerprint density at radius 2 is 2.25 bits per heavy atom. The Morgan fingerprint density at radius 1 is 1.50 bits per heavy atom. The van der Waals surface area contributed by atoms with Gasteiger partial charge in [0.15, 0.2) is 9.84 Å². The van der Waals surface area contributed by atoms with Crippen LogP contribution < -0.4 is 10.6 Å². The van der Waals surface area contributed by atoms with Gasteiger partial charge in [0, 0.05) is 27.6 Å². The van der Waals surface area contributed by atoms with Crippen LogP contribution >= 0.6 is 34.2 Å². The van der Waals surface area contributed by atoms with E-state index in [0.717, 1.165) is 3.57 Å². The average Bonchev–Trinajstić information content (AvgIpc) is 2.31. The maximum atomic E-state index is 11.9. The third kappa shape index (κ3) is 4.57. The topological polar surface area (TPSA) is 75.3 Å². The Bertz CT molecular complexity index is 621. The van der Waals surface area contributed by atoms with Gasteiger partial charge in [0.2, 0.25) is 5.91 Å². The van der Waals surface area contributed by atoms with Crippen molar-refractivity contribution in [3.05, 3.63) is 26.8 Å². The molecule has 110 valence electrons. The molecule has 8 heteroatoms. The van der Waals surface area contributed by atoms with Crippen molar-refractivity contribution in [1.82, 2.24) is 5.32 Å². The lowest BCUT2D eigenvalue weighted by Crippen LogP contribution is -2.46. The van der Waals surface area contributed by atoms with Crippen LogP contribution in [0.25, 0.3) is 0 Å². The summed E-state index contributed by atoms with van der Waals surface area (Å²) in [5.41, 5.74) is 0.679. The molecule has 0 spiro atoms. The molecule has 1 saturated heterocycles. The SMILES string of the molecule is O=C(CC1CS(=O)(=O)CCN1)Nc1ccc(Cl)cc1I. The Kier molecular flexibility index (Phi) is 5.27. The molecule has 0 aliphatic carbocycles. The first-order chi connectivity index (χ1) is 9.35. The van der Waals surface area contributed by atoms with Crippen LogP contribution in [-0.4, -0.2) is 38.4 Å². The van der Waals surface area contributed by atoms with Gasteiger partial charge >= 0.3 is 0 Å². The molecule has 0 aromatic heterocycles. The van der Waals surface area contributed by atoms with Gasteiger partial charge in [-0.1, -0.05) is 11.6 Å². The number of sulfone groups is 1. The van der Waals surface area contributed by atoms with Gasteiger partial charge in [-0.25, -0.2) is 8.42 Å². The second kappa shape index (κ2) is 6.59. The number of amides is 1. The van der Waals surface area contributed by atoms with E-state index in [9.17, 15) is 13.2 Å². The summed E-state index contributed by atoms with van der Waals surface area (Å²) in [6.45, 7) is 0.402. The van der Waals surface area contributed by atoms with Crippen LogP contribution in [0.15, 0.2) is 18.2 Å². The highest BCUT2D eigenvalue weighted by atomic mass is 127. The number of hydrogen-bond acceptors (Lipinski definition) is 4. The van der Waals surface area contributed by atoms with E-state index in [0.29, 0.717) is 17.3 Å². The summed E-state index contributed by atoms with van der Waals surface area (Å²) in [5.74, 6) is -0.0574. The molecule has 1 aromatic rings. The molecule has 1 heterocycles. The monoisotopic (exact) mass is 428 g/mol. The molecule has 0 saturated carbocycles. The van der Waals surface area contributed by atoms with Crippen LogP contribution in [0.2, 0.25) is 5.02 Å². The number of nitrogens with one attached hydrogen (secondary N) is 2. The van der Waals surface area contributed by atoms with Gasteiger partial charge < -0.3 is 10.6 Å². The standard InChI is InChI=1S/C12H14ClIN2O3S/c13-8-1-2-11(10(14)5-8)16-12(17)6-9-7-20(18,19)4-3-15-9/h1-2,5,9,15H,3-4,6-7H2,(H,16,17). The summed E-state index contributed by atoms with van der Waals surface area (Å²) in [6.07, 6.45) is 0.137. The molecule has 2 N–H and O–H groups in total. The minimum absolute atomic E-state index is 0.0120. The Hall–Kier alpha value is -0.380. The molecule has 1 fully saturated rings. The maximum Gasteiger partial charge on any atom is 0.226 e. The molecule has 0 bridgehead atoms. The van der Waals surface area contributed by atoms with Gasteiger partial charge in [0.25, 0.3) is 0 Å². The van der Waals surface area contributed by atoms with Gasteiger partial charge in [0.1, 0.15) is 0 Å². The van der Waals surface area contributed by atoms with E-state index in [-0.39, 0.29) is 29.9 Å². The van der Waals surface area contributed by atoms with Crippen LogP contribution in [0.4, 0.5) is 5.69 Å². The van der Waals surface area contributed by atoms with E-state index >= 15 is 0 Å². The molecule has 1 aliphatic heterocycles. The fraction of sp³-hybridized carbons (Fsp3) is 0.417. The highest BCUT2D eigenvalue weighted by molar-refractivity contribution is 14.1. The van der Waals surface area contributed by atoms with E-state index in [4.69, 9.17) is 11.6 Å². The van der Waals surface area contributed by atoms with E-state index in [1.165, 1.54) is 0 Å². The van der Waals surface area contributed by atoms with Crippen molar-refractivity contribution in [3.8, 4) is 0 Å². The zero-order valence-corrected chi connectivity index (χ0v) is 14.3. The number of carbonyl (C=O) groups is 1. The van der Waals surface area contributed by atoms with Gasteiger partial charge in [-0.3, -0.25) is 4.79 Å². The molecule has 0 radical (unpaired) electrons.